The molecule has 84 valence electrons. The van der Waals surface area contributed by atoms with E-state index in [4.69, 9.17) is 15.6 Å². The predicted octanol–water partition coefficient (Wildman–Crippen LogP) is 1.44. The monoisotopic (exact) mass is 201 g/mol. The Balaban J connectivity index is 1.84. The van der Waals surface area contributed by atoms with Crippen molar-refractivity contribution < 1.29 is 9.84 Å². The van der Waals surface area contributed by atoms with Gasteiger partial charge in [-0.2, -0.15) is 0 Å². The van der Waals surface area contributed by atoms with Crippen molar-refractivity contribution in [1.29, 1.82) is 0 Å². The van der Waals surface area contributed by atoms with Crippen LogP contribution in [0, 0.1) is 0 Å². The normalized spacial score (nSPS) is 27.0. The molecule has 2 unspecified atom stereocenters. The van der Waals surface area contributed by atoms with Gasteiger partial charge in [0.25, 0.3) is 0 Å². The van der Waals surface area contributed by atoms with Crippen molar-refractivity contribution in [1.82, 2.24) is 0 Å². The molecular formula is C11H23NO2. The van der Waals surface area contributed by atoms with Crippen molar-refractivity contribution in [3.05, 3.63) is 0 Å². The third-order valence-corrected chi connectivity index (χ3v) is 2.83. The van der Waals surface area contributed by atoms with Gasteiger partial charge in [-0.25, -0.2) is 0 Å². The molecule has 3 N–H and O–H groups in total. The summed E-state index contributed by atoms with van der Waals surface area (Å²) in [5, 5.41) is 8.58. The summed E-state index contributed by atoms with van der Waals surface area (Å²) in [4.78, 5) is 0. The van der Waals surface area contributed by atoms with Crippen LogP contribution in [0.1, 0.15) is 44.9 Å². The van der Waals surface area contributed by atoms with E-state index < -0.39 is 0 Å². The second-order valence-corrected chi connectivity index (χ2v) is 4.20. The summed E-state index contributed by atoms with van der Waals surface area (Å²) in [6.45, 7) is 1.18. The molecule has 0 spiro atoms. The van der Waals surface area contributed by atoms with Crippen LogP contribution in [0.4, 0.5) is 0 Å². The van der Waals surface area contributed by atoms with Gasteiger partial charge in [0.1, 0.15) is 0 Å². The first kappa shape index (κ1) is 12.0. The van der Waals surface area contributed by atoms with Gasteiger partial charge in [-0.1, -0.05) is 12.8 Å². The molecule has 0 aromatic carbocycles. The molecule has 1 saturated carbocycles. The smallest absolute Gasteiger partial charge is 0.0590 e. The van der Waals surface area contributed by atoms with E-state index in [0.29, 0.717) is 18.8 Å². The maximum atomic E-state index is 8.58. The fraction of sp³-hybridized carbons (Fsp3) is 1.00. The molecule has 3 heteroatoms. The number of ether oxygens (including phenoxy) is 1. The Labute approximate surface area is 86.6 Å². The van der Waals surface area contributed by atoms with Crippen molar-refractivity contribution >= 4 is 0 Å². The van der Waals surface area contributed by atoms with Gasteiger partial charge in [0.2, 0.25) is 0 Å². The van der Waals surface area contributed by atoms with E-state index in [-0.39, 0.29) is 0 Å². The summed E-state index contributed by atoms with van der Waals surface area (Å²) in [5.74, 6) is 0. The van der Waals surface area contributed by atoms with E-state index in [9.17, 15) is 0 Å². The molecule has 0 heterocycles. The largest absolute Gasteiger partial charge is 0.396 e. The predicted molar refractivity (Wildman–Crippen MR) is 57.1 cm³/mol. The van der Waals surface area contributed by atoms with Gasteiger partial charge >= 0.3 is 0 Å². The Kier molecular flexibility index (Phi) is 6.15. The van der Waals surface area contributed by atoms with E-state index in [1.165, 1.54) is 6.42 Å². The van der Waals surface area contributed by atoms with Crippen LogP contribution in [-0.2, 0) is 4.74 Å². The van der Waals surface area contributed by atoms with Crippen LogP contribution < -0.4 is 5.73 Å². The highest BCUT2D eigenvalue weighted by Gasteiger charge is 2.21. The zero-order valence-corrected chi connectivity index (χ0v) is 8.95. The van der Waals surface area contributed by atoms with Gasteiger partial charge in [-0.15, -0.1) is 0 Å². The molecule has 1 rings (SSSR count). The van der Waals surface area contributed by atoms with Gasteiger partial charge in [-0.05, 0) is 32.1 Å². The minimum absolute atomic E-state index is 0.318. The Hall–Kier alpha value is -0.120. The zero-order valence-electron chi connectivity index (χ0n) is 8.95. The molecule has 0 aliphatic heterocycles. The fourth-order valence-electron chi connectivity index (χ4n) is 1.94. The topological polar surface area (TPSA) is 55.5 Å². The fourth-order valence-corrected chi connectivity index (χ4v) is 1.94. The lowest BCUT2D eigenvalue weighted by atomic mass is 10.2. The molecule has 0 bridgehead atoms. The summed E-state index contributed by atoms with van der Waals surface area (Å²) in [5.41, 5.74) is 5.79. The molecule has 3 nitrogen and oxygen atoms in total. The highest BCUT2D eigenvalue weighted by molar-refractivity contribution is 4.77. The zero-order chi connectivity index (χ0) is 10.2. The number of aliphatic hydroxyl groups excluding tert-OH is 1. The van der Waals surface area contributed by atoms with Crippen LogP contribution >= 0.6 is 0 Å². The van der Waals surface area contributed by atoms with Gasteiger partial charge in [0, 0.05) is 19.3 Å². The third-order valence-electron chi connectivity index (χ3n) is 2.83. The molecule has 14 heavy (non-hydrogen) atoms. The second-order valence-electron chi connectivity index (χ2n) is 4.20. The quantitative estimate of drug-likeness (QED) is 0.613. The lowest BCUT2D eigenvalue weighted by Gasteiger charge is -2.10. The average Bonchev–Trinajstić information content (AvgIpc) is 2.58. The molecule has 0 radical (unpaired) electrons. The Morgan fingerprint density at radius 3 is 2.57 bits per heavy atom. The van der Waals surface area contributed by atoms with E-state index in [1.807, 2.05) is 0 Å². The maximum absolute atomic E-state index is 8.58. The molecule has 1 aliphatic rings. The van der Waals surface area contributed by atoms with Gasteiger partial charge in [0.05, 0.1) is 6.10 Å². The minimum atomic E-state index is 0.318. The second kappa shape index (κ2) is 7.21. The third kappa shape index (κ3) is 4.94. The van der Waals surface area contributed by atoms with Crippen LogP contribution in [0.2, 0.25) is 0 Å². The highest BCUT2D eigenvalue weighted by atomic mass is 16.5. The molecule has 1 aliphatic carbocycles. The first-order valence-corrected chi connectivity index (χ1v) is 5.81. The SMILES string of the molecule is NC1CCC(OCCCCCCO)C1. The van der Waals surface area contributed by atoms with E-state index in [2.05, 4.69) is 0 Å². The number of rotatable bonds is 7. The summed E-state index contributed by atoms with van der Waals surface area (Å²) < 4.78 is 5.71. The highest BCUT2D eigenvalue weighted by Crippen LogP contribution is 2.20. The first-order valence-electron chi connectivity index (χ1n) is 5.81. The number of aliphatic hydroxyl groups is 1. The molecule has 0 saturated heterocycles. The van der Waals surface area contributed by atoms with Crippen LogP contribution in [-0.4, -0.2) is 30.5 Å². The summed E-state index contributed by atoms with van der Waals surface area (Å²) in [6, 6.07) is 0.370. The van der Waals surface area contributed by atoms with Gasteiger partial charge < -0.3 is 15.6 Å². The van der Waals surface area contributed by atoms with Crippen molar-refractivity contribution in [2.45, 2.75) is 57.1 Å². The minimum Gasteiger partial charge on any atom is -0.396 e. The van der Waals surface area contributed by atoms with Crippen molar-refractivity contribution in [2.75, 3.05) is 13.2 Å². The number of nitrogens with two attached hydrogens (primary N) is 1. The molecule has 0 amide bonds. The van der Waals surface area contributed by atoms with Crippen LogP contribution in [0.15, 0.2) is 0 Å². The van der Waals surface area contributed by atoms with Gasteiger partial charge in [-0.3, -0.25) is 0 Å². The Morgan fingerprint density at radius 2 is 1.93 bits per heavy atom. The molecular weight excluding hydrogens is 178 g/mol. The first-order chi connectivity index (χ1) is 6.83. The van der Waals surface area contributed by atoms with Gasteiger partial charge in [0.15, 0.2) is 0 Å². The van der Waals surface area contributed by atoms with E-state index >= 15 is 0 Å². The summed E-state index contributed by atoms with van der Waals surface area (Å²) in [6.07, 6.45) is 8.04. The maximum Gasteiger partial charge on any atom is 0.0590 e. The van der Waals surface area contributed by atoms with E-state index in [0.717, 1.165) is 45.1 Å². The van der Waals surface area contributed by atoms with Crippen molar-refractivity contribution in [3.63, 3.8) is 0 Å². The number of unbranched alkanes of at least 4 members (excludes halogenated alkanes) is 3. The van der Waals surface area contributed by atoms with Crippen LogP contribution in [0.3, 0.4) is 0 Å². The lowest BCUT2D eigenvalue weighted by molar-refractivity contribution is 0.0546. The lowest BCUT2D eigenvalue weighted by Crippen LogP contribution is -2.17. The standard InChI is InChI=1S/C11H23NO2/c12-10-5-6-11(9-10)14-8-4-2-1-3-7-13/h10-11,13H,1-9,12H2. The van der Waals surface area contributed by atoms with E-state index in [1.54, 1.807) is 0 Å². The summed E-state index contributed by atoms with van der Waals surface area (Å²) in [7, 11) is 0. The Morgan fingerprint density at radius 1 is 1.14 bits per heavy atom. The number of hydrogen-bond acceptors (Lipinski definition) is 3. The van der Waals surface area contributed by atoms with Crippen LogP contribution in [0.5, 0.6) is 0 Å². The molecule has 2 atom stereocenters. The molecule has 0 aromatic heterocycles. The van der Waals surface area contributed by atoms with Crippen LogP contribution in [0.25, 0.3) is 0 Å². The molecule has 0 aromatic rings. The number of hydrogen-bond donors (Lipinski definition) is 2. The van der Waals surface area contributed by atoms with Crippen molar-refractivity contribution in [3.8, 4) is 0 Å². The summed E-state index contributed by atoms with van der Waals surface area (Å²) >= 11 is 0. The Bertz CT molecular complexity index is 141. The van der Waals surface area contributed by atoms with Crippen molar-refractivity contribution in [2.24, 2.45) is 5.73 Å². The molecule has 1 fully saturated rings. The average molecular weight is 201 g/mol.